The molecule has 1 aromatic carbocycles. The van der Waals surface area contributed by atoms with Crippen LogP contribution in [0.2, 0.25) is 0 Å². The first-order valence-corrected chi connectivity index (χ1v) is 9.46. The number of benzene rings is 1. The maximum atomic E-state index is 12.6. The number of nitrogens with one attached hydrogen (secondary N) is 1. The van der Waals surface area contributed by atoms with Gasteiger partial charge in [-0.1, -0.05) is 20.8 Å². The number of fused-ring (bicyclic) bond motifs is 2. The van der Waals surface area contributed by atoms with Gasteiger partial charge in [0.25, 0.3) is 0 Å². The fraction of sp³-hybridized carbons (Fsp3) is 0.409. The molecule has 7 nitrogen and oxygen atoms in total. The van der Waals surface area contributed by atoms with Gasteiger partial charge < -0.3 is 19.3 Å². The highest BCUT2D eigenvalue weighted by molar-refractivity contribution is 6.00. The predicted octanol–water partition coefficient (Wildman–Crippen LogP) is 3.59. The predicted molar refractivity (Wildman–Crippen MR) is 109 cm³/mol. The first-order valence-electron chi connectivity index (χ1n) is 9.46. The molecule has 154 valence electrons. The summed E-state index contributed by atoms with van der Waals surface area (Å²) in [5.41, 5.74) is 3.17. The third-order valence-electron chi connectivity index (χ3n) is 5.15. The third kappa shape index (κ3) is 3.90. The van der Waals surface area contributed by atoms with Gasteiger partial charge in [0, 0.05) is 28.4 Å². The van der Waals surface area contributed by atoms with E-state index in [4.69, 9.17) is 13.9 Å². The zero-order valence-electron chi connectivity index (χ0n) is 17.3. The van der Waals surface area contributed by atoms with Crippen LogP contribution in [0.3, 0.4) is 0 Å². The van der Waals surface area contributed by atoms with Gasteiger partial charge in [0.05, 0.1) is 24.7 Å². The quantitative estimate of drug-likeness (QED) is 0.635. The van der Waals surface area contributed by atoms with Gasteiger partial charge in [0.15, 0.2) is 0 Å². The largest absolute Gasteiger partial charge is 0.481 e. The SMILES string of the molecule is Cc1c(CC(=O)NCCC(=O)O)c(=O)oc2c(C)c3occ(C(C)(C)C)c3cc12. The first-order chi connectivity index (χ1) is 13.5. The number of aliphatic carboxylic acids is 1. The molecular weight excluding hydrogens is 374 g/mol. The van der Waals surface area contributed by atoms with Gasteiger partial charge in [0.1, 0.15) is 11.2 Å². The minimum atomic E-state index is -0.999. The number of aryl methyl sites for hydroxylation is 2. The van der Waals surface area contributed by atoms with E-state index < -0.39 is 17.5 Å². The second-order valence-electron chi connectivity index (χ2n) is 8.32. The Morgan fingerprint density at radius 1 is 1.10 bits per heavy atom. The van der Waals surface area contributed by atoms with Crippen molar-refractivity contribution in [1.29, 1.82) is 0 Å². The molecule has 3 rings (SSSR count). The second-order valence-corrected chi connectivity index (χ2v) is 8.32. The van der Waals surface area contributed by atoms with Crippen molar-refractivity contribution < 1.29 is 23.5 Å². The van der Waals surface area contributed by atoms with Crippen LogP contribution < -0.4 is 10.9 Å². The molecule has 0 radical (unpaired) electrons. The lowest BCUT2D eigenvalue weighted by Gasteiger charge is -2.17. The van der Waals surface area contributed by atoms with Crippen molar-refractivity contribution in [3.63, 3.8) is 0 Å². The van der Waals surface area contributed by atoms with Crippen molar-refractivity contribution in [2.24, 2.45) is 0 Å². The Balaban J connectivity index is 2.09. The Bertz CT molecular complexity index is 1180. The molecule has 0 saturated carbocycles. The molecular formula is C22H25NO6. The zero-order valence-corrected chi connectivity index (χ0v) is 17.3. The number of carboxylic acids is 1. The lowest BCUT2D eigenvalue weighted by molar-refractivity contribution is -0.136. The topological polar surface area (TPSA) is 110 Å². The fourth-order valence-electron chi connectivity index (χ4n) is 3.51. The molecule has 0 atom stereocenters. The van der Waals surface area contributed by atoms with Crippen LogP contribution in [0, 0.1) is 13.8 Å². The number of furan rings is 1. The molecule has 2 N–H and O–H groups in total. The van der Waals surface area contributed by atoms with E-state index in [9.17, 15) is 14.4 Å². The molecule has 29 heavy (non-hydrogen) atoms. The van der Waals surface area contributed by atoms with Gasteiger partial charge in [-0.3, -0.25) is 9.59 Å². The van der Waals surface area contributed by atoms with E-state index >= 15 is 0 Å². The molecule has 0 unspecified atom stereocenters. The fourth-order valence-corrected chi connectivity index (χ4v) is 3.51. The number of carboxylic acid groups (broad SMARTS) is 1. The smallest absolute Gasteiger partial charge is 0.340 e. The molecule has 3 aromatic rings. The number of hydrogen-bond acceptors (Lipinski definition) is 5. The number of carbonyl (C=O) groups is 2. The summed E-state index contributed by atoms with van der Waals surface area (Å²) in [4.78, 5) is 35.3. The maximum Gasteiger partial charge on any atom is 0.340 e. The Labute approximate surface area is 167 Å². The molecule has 0 aliphatic heterocycles. The van der Waals surface area contributed by atoms with Gasteiger partial charge in [-0.2, -0.15) is 0 Å². The molecule has 0 fully saturated rings. The molecule has 1 amide bonds. The summed E-state index contributed by atoms with van der Waals surface area (Å²) in [6, 6.07) is 1.95. The Morgan fingerprint density at radius 2 is 1.79 bits per heavy atom. The summed E-state index contributed by atoms with van der Waals surface area (Å²) < 4.78 is 11.3. The van der Waals surface area contributed by atoms with E-state index in [0.29, 0.717) is 16.7 Å². The lowest BCUT2D eigenvalue weighted by Crippen LogP contribution is -2.29. The highest BCUT2D eigenvalue weighted by Crippen LogP contribution is 2.37. The Hall–Kier alpha value is -3.09. The van der Waals surface area contributed by atoms with Crippen LogP contribution >= 0.6 is 0 Å². The number of amides is 1. The van der Waals surface area contributed by atoms with Crippen LogP contribution in [0.25, 0.3) is 21.9 Å². The van der Waals surface area contributed by atoms with Crippen LogP contribution in [-0.4, -0.2) is 23.5 Å². The monoisotopic (exact) mass is 399 g/mol. The first kappa shape index (κ1) is 20.6. The summed E-state index contributed by atoms with van der Waals surface area (Å²) in [5.74, 6) is -1.42. The van der Waals surface area contributed by atoms with Gasteiger partial charge >= 0.3 is 11.6 Å². The summed E-state index contributed by atoms with van der Waals surface area (Å²) in [6.45, 7) is 9.95. The Morgan fingerprint density at radius 3 is 2.41 bits per heavy atom. The second kappa shape index (κ2) is 7.39. The highest BCUT2D eigenvalue weighted by atomic mass is 16.4. The average Bonchev–Trinajstić information content (AvgIpc) is 3.04. The van der Waals surface area contributed by atoms with Gasteiger partial charge in [-0.25, -0.2) is 4.79 Å². The summed E-state index contributed by atoms with van der Waals surface area (Å²) >= 11 is 0. The Kier molecular flexibility index (Phi) is 5.26. The van der Waals surface area contributed by atoms with Crippen LogP contribution in [0.5, 0.6) is 0 Å². The molecule has 2 aromatic heterocycles. The van der Waals surface area contributed by atoms with Crippen molar-refractivity contribution in [2.45, 2.75) is 52.9 Å². The molecule has 0 bridgehead atoms. The van der Waals surface area contributed by atoms with Crippen LogP contribution in [0.1, 0.15) is 49.4 Å². The van der Waals surface area contributed by atoms with Crippen LogP contribution in [0.4, 0.5) is 0 Å². The highest BCUT2D eigenvalue weighted by Gasteiger charge is 2.24. The van der Waals surface area contributed by atoms with E-state index in [1.807, 2.05) is 13.0 Å². The van der Waals surface area contributed by atoms with Crippen molar-refractivity contribution >= 4 is 33.8 Å². The third-order valence-corrected chi connectivity index (χ3v) is 5.15. The molecule has 0 aliphatic rings. The van der Waals surface area contributed by atoms with E-state index in [1.54, 1.807) is 13.2 Å². The summed E-state index contributed by atoms with van der Waals surface area (Å²) in [6.07, 6.45) is 1.39. The van der Waals surface area contributed by atoms with Gasteiger partial charge in [-0.05, 0) is 30.9 Å². The normalized spacial score (nSPS) is 11.9. The maximum absolute atomic E-state index is 12.6. The van der Waals surface area contributed by atoms with E-state index in [0.717, 1.165) is 21.9 Å². The van der Waals surface area contributed by atoms with Crippen molar-refractivity contribution in [3.05, 3.63) is 45.0 Å². The number of rotatable bonds is 5. The van der Waals surface area contributed by atoms with Crippen molar-refractivity contribution in [3.8, 4) is 0 Å². The van der Waals surface area contributed by atoms with Gasteiger partial charge in [-0.15, -0.1) is 0 Å². The van der Waals surface area contributed by atoms with E-state index in [1.165, 1.54) is 0 Å². The number of hydrogen-bond donors (Lipinski definition) is 2. The average molecular weight is 399 g/mol. The van der Waals surface area contributed by atoms with E-state index in [-0.39, 0.29) is 30.4 Å². The van der Waals surface area contributed by atoms with Crippen molar-refractivity contribution in [1.82, 2.24) is 5.32 Å². The standard InChI is InChI=1S/C22H25NO6/c1-11-13-8-15-16(22(3,4)5)10-28-19(15)12(2)20(13)29-21(27)14(11)9-17(24)23-7-6-18(25)26/h8,10H,6-7,9H2,1-5H3,(H,23,24)(H,25,26). The zero-order chi connectivity index (χ0) is 21.5. The molecule has 0 saturated heterocycles. The van der Waals surface area contributed by atoms with Gasteiger partial charge in [0.2, 0.25) is 5.91 Å². The van der Waals surface area contributed by atoms with Crippen molar-refractivity contribution in [2.75, 3.05) is 6.54 Å². The molecule has 7 heteroatoms. The lowest BCUT2D eigenvalue weighted by atomic mass is 9.86. The minimum absolute atomic E-state index is 0.00974. The minimum Gasteiger partial charge on any atom is -0.481 e. The summed E-state index contributed by atoms with van der Waals surface area (Å²) in [7, 11) is 0. The van der Waals surface area contributed by atoms with Crippen LogP contribution in [-0.2, 0) is 21.4 Å². The van der Waals surface area contributed by atoms with Crippen LogP contribution in [0.15, 0.2) is 26.0 Å². The number of carbonyl (C=O) groups excluding carboxylic acids is 1. The van der Waals surface area contributed by atoms with E-state index in [2.05, 4.69) is 26.1 Å². The molecule has 0 aliphatic carbocycles. The summed E-state index contributed by atoms with van der Waals surface area (Å²) in [5, 5.41) is 12.9. The molecule has 0 spiro atoms. The molecule has 2 heterocycles.